The van der Waals surface area contributed by atoms with E-state index in [2.05, 4.69) is 15.1 Å². The molecule has 2 rings (SSSR count). The number of thioether (sulfide) groups is 1. The van der Waals surface area contributed by atoms with Crippen molar-refractivity contribution in [2.75, 3.05) is 6.61 Å². The molecule has 0 radical (unpaired) electrons. The number of carbonyl (C=O) groups is 1. The van der Waals surface area contributed by atoms with Crippen LogP contribution in [0.4, 0.5) is 0 Å². The first kappa shape index (κ1) is 13.3. The van der Waals surface area contributed by atoms with Gasteiger partial charge in [0, 0.05) is 0 Å². The third kappa shape index (κ3) is 3.00. The lowest BCUT2D eigenvalue weighted by molar-refractivity contribution is 0.0514. The highest BCUT2D eigenvalue weighted by atomic mass is 32.2. The van der Waals surface area contributed by atoms with E-state index in [0.717, 1.165) is 11.8 Å². The van der Waals surface area contributed by atoms with Gasteiger partial charge in [0.15, 0.2) is 5.69 Å². The van der Waals surface area contributed by atoms with E-state index in [4.69, 9.17) is 10.6 Å². The SMILES string of the molecule is CCOC(=O)c1nc2ccccc2nc1S/C=N/N. The Morgan fingerprint density at radius 3 is 2.74 bits per heavy atom. The number of carbonyl (C=O) groups excluding carboxylic acids is 1. The molecule has 0 bridgehead atoms. The van der Waals surface area contributed by atoms with E-state index in [1.54, 1.807) is 13.0 Å². The Bertz CT molecular complexity index is 630. The first-order valence-electron chi connectivity index (χ1n) is 5.58. The maximum atomic E-state index is 11.9. The van der Waals surface area contributed by atoms with Gasteiger partial charge in [0.2, 0.25) is 0 Å². The summed E-state index contributed by atoms with van der Waals surface area (Å²) in [5, 5.41) is 3.80. The van der Waals surface area contributed by atoms with Crippen molar-refractivity contribution in [1.82, 2.24) is 9.97 Å². The van der Waals surface area contributed by atoms with Gasteiger partial charge in [-0.15, -0.1) is 0 Å². The van der Waals surface area contributed by atoms with Crippen LogP contribution >= 0.6 is 11.8 Å². The maximum Gasteiger partial charge on any atom is 0.359 e. The van der Waals surface area contributed by atoms with Gasteiger partial charge in [-0.05, 0) is 19.1 Å². The molecule has 0 saturated heterocycles. The van der Waals surface area contributed by atoms with Crippen molar-refractivity contribution < 1.29 is 9.53 Å². The Morgan fingerprint density at radius 2 is 2.11 bits per heavy atom. The number of rotatable bonds is 4. The smallest absolute Gasteiger partial charge is 0.359 e. The number of aromatic nitrogens is 2. The van der Waals surface area contributed by atoms with Crippen molar-refractivity contribution >= 4 is 34.3 Å². The molecule has 98 valence electrons. The topological polar surface area (TPSA) is 90.5 Å². The number of hydrogen-bond donors (Lipinski definition) is 1. The van der Waals surface area contributed by atoms with Crippen molar-refractivity contribution in [3.8, 4) is 0 Å². The van der Waals surface area contributed by atoms with Crippen LogP contribution in [0.2, 0.25) is 0 Å². The Labute approximate surface area is 114 Å². The first-order valence-corrected chi connectivity index (χ1v) is 6.46. The molecule has 0 unspecified atom stereocenters. The Hall–Kier alpha value is -2.15. The number of hydrogen-bond acceptors (Lipinski definition) is 7. The molecular weight excluding hydrogens is 264 g/mol. The number of nitrogens with two attached hydrogens (primary N) is 1. The summed E-state index contributed by atoms with van der Waals surface area (Å²) in [4.78, 5) is 20.5. The van der Waals surface area contributed by atoms with Gasteiger partial charge in [-0.2, -0.15) is 5.10 Å². The molecule has 0 spiro atoms. The van der Waals surface area contributed by atoms with Crippen LogP contribution in [0.15, 0.2) is 34.4 Å². The molecule has 2 aromatic rings. The van der Waals surface area contributed by atoms with Crippen molar-refractivity contribution in [2.45, 2.75) is 11.9 Å². The lowest BCUT2D eigenvalue weighted by atomic mass is 10.3. The minimum atomic E-state index is -0.506. The van der Waals surface area contributed by atoms with E-state index in [1.165, 1.54) is 5.55 Å². The van der Waals surface area contributed by atoms with Gasteiger partial charge in [0.05, 0.1) is 23.2 Å². The molecule has 2 N–H and O–H groups in total. The summed E-state index contributed by atoms with van der Waals surface area (Å²) >= 11 is 1.12. The summed E-state index contributed by atoms with van der Waals surface area (Å²) in [5.41, 5.74) is 2.90. The predicted molar refractivity (Wildman–Crippen MR) is 74.0 cm³/mol. The van der Waals surface area contributed by atoms with E-state index in [0.29, 0.717) is 16.1 Å². The van der Waals surface area contributed by atoms with Gasteiger partial charge in [-0.1, -0.05) is 23.9 Å². The summed E-state index contributed by atoms with van der Waals surface area (Å²) in [6.07, 6.45) is 0. The van der Waals surface area contributed by atoms with E-state index in [-0.39, 0.29) is 12.3 Å². The number of para-hydroxylation sites is 2. The van der Waals surface area contributed by atoms with Crippen molar-refractivity contribution in [3.05, 3.63) is 30.0 Å². The summed E-state index contributed by atoms with van der Waals surface area (Å²) < 4.78 is 4.97. The van der Waals surface area contributed by atoms with Crippen molar-refractivity contribution in [2.24, 2.45) is 10.9 Å². The standard InChI is InChI=1S/C12H12N4O2S/c1-2-18-12(17)10-11(19-7-14-13)16-9-6-4-3-5-8(9)15-10/h3-7H,2,13H2,1H3/b14-7+. The van der Waals surface area contributed by atoms with Gasteiger partial charge in [0.1, 0.15) is 5.03 Å². The fraction of sp³-hybridized carbons (Fsp3) is 0.167. The van der Waals surface area contributed by atoms with E-state index >= 15 is 0 Å². The number of nitrogens with zero attached hydrogens (tertiary/aromatic N) is 3. The third-order valence-electron chi connectivity index (χ3n) is 2.23. The molecule has 0 atom stereocenters. The molecule has 0 aliphatic rings. The molecular formula is C12H12N4O2S. The molecule has 19 heavy (non-hydrogen) atoms. The summed E-state index contributed by atoms with van der Waals surface area (Å²) in [6.45, 7) is 2.02. The van der Waals surface area contributed by atoms with E-state index in [1.807, 2.05) is 18.2 Å². The number of ether oxygens (including phenoxy) is 1. The van der Waals surface area contributed by atoms with Crippen LogP contribution in [0.25, 0.3) is 11.0 Å². The fourth-order valence-corrected chi connectivity index (χ4v) is 2.03. The van der Waals surface area contributed by atoms with Crippen molar-refractivity contribution in [1.29, 1.82) is 0 Å². The highest BCUT2D eigenvalue weighted by Crippen LogP contribution is 2.21. The maximum absolute atomic E-state index is 11.9. The average molecular weight is 276 g/mol. The largest absolute Gasteiger partial charge is 0.461 e. The highest BCUT2D eigenvalue weighted by molar-refractivity contribution is 8.12. The van der Waals surface area contributed by atoms with Gasteiger partial charge in [-0.25, -0.2) is 14.8 Å². The molecule has 1 heterocycles. The minimum absolute atomic E-state index is 0.172. The molecule has 0 saturated carbocycles. The fourth-order valence-electron chi connectivity index (χ4n) is 1.48. The van der Waals surface area contributed by atoms with Crippen LogP contribution in [-0.4, -0.2) is 28.1 Å². The monoisotopic (exact) mass is 276 g/mol. The Balaban J connectivity index is 2.53. The van der Waals surface area contributed by atoms with Crippen LogP contribution in [0, 0.1) is 0 Å². The molecule has 7 heteroatoms. The molecule has 1 aromatic carbocycles. The summed E-state index contributed by atoms with van der Waals surface area (Å²) in [6, 6.07) is 7.30. The minimum Gasteiger partial charge on any atom is -0.461 e. The van der Waals surface area contributed by atoms with Crippen LogP contribution in [0.5, 0.6) is 0 Å². The quantitative estimate of drug-likeness (QED) is 0.229. The third-order valence-corrected chi connectivity index (χ3v) is 2.97. The second kappa shape index (κ2) is 6.14. The zero-order valence-electron chi connectivity index (χ0n) is 10.2. The van der Waals surface area contributed by atoms with E-state index < -0.39 is 5.97 Å². The Kier molecular flexibility index (Phi) is 4.30. The zero-order valence-corrected chi connectivity index (χ0v) is 11.1. The molecule has 0 amide bonds. The van der Waals surface area contributed by atoms with Gasteiger partial charge >= 0.3 is 5.97 Å². The predicted octanol–water partition coefficient (Wildman–Crippen LogP) is 1.80. The molecule has 6 nitrogen and oxygen atoms in total. The molecule has 0 aliphatic carbocycles. The van der Waals surface area contributed by atoms with Crippen LogP contribution in [-0.2, 0) is 4.74 Å². The van der Waals surface area contributed by atoms with Crippen LogP contribution in [0.1, 0.15) is 17.4 Å². The average Bonchev–Trinajstić information content (AvgIpc) is 2.44. The number of hydrazone groups is 1. The molecule has 1 aromatic heterocycles. The normalized spacial score (nSPS) is 11.0. The van der Waals surface area contributed by atoms with Crippen LogP contribution in [0.3, 0.4) is 0 Å². The van der Waals surface area contributed by atoms with Crippen molar-refractivity contribution in [3.63, 3.8) is 0 Å². The molecule has 0 aliphatic heterocycles. The lowest BCUT2D eigenvalue weighted by Gasteiger charge is -2.06. The molecule has 0 fully saturated rings. The van der Waals surface area contributed by atoms with Gasteiger partial charge < -0.3 is 10.6 Å². The first-order chi connectivity index (χ1) is 9.26. The second-order valence-corrected chi connectivity index (χ2v) is 4.29. The van der Waals surface area contributed by atoms with E-state index in [9.17, 15) is 4.79 Å². The highest BCUT2D eigenvalue weighted by Gasteiger charge is 2.17. The summed E-state index contributed by atoms with van der Waals surface area (Å²) in [5.74, 6) is 4.55. The lowest BCUT2D eigenvalue weighted by Crippen LogP contribution is -2.10. The van der Waals surface area contributed by atoms with Gasteiger partial charge in [-0.3, -0.25) is 0 Å². The van der Waals surface area contributed by atoms with Crippen LogP contribution < -0.4 is 5.84 Å². The Morgan fingerprint density at radius 1 is 1.42 bits per heavy atom. The van der Waals surface area contributed by atoms with Gasteiger partial charge in [0.25, 0.3) is 0 Å². The number of benzene rings is 1. The second-order valence-electron chi connectivity index (χ2n) is 3.46. The zero-order chi connectivity index (χ0) is 13.7. The summed E-state index contributed by atoms with van der Waals surface area (Å²) in [7, 11) is 0. The number of esters is 1. The number of fused-ring (bicyclic) bond motifs is 1.